The molecule has 1 heterocycles. The highest BCUT2D eigenvalue weighted by molar-refractivity contribution is 6.31. The number of anilines is 3. The number of benzene rings is 3. The second-order valence-electron chi connectivity index (χ2n) is 6.49. The molecule has 146 valence electrons. The van der Waals surface area contributed by atoms with Crippen LogP contribution in [0.2, 0.25) is 5.02 Å². The smallest absolute Gasteiger partial charge is 0.323 e. The van der Waals surface area contributed by atoms with E-state index in [9.17, 15) is 9.59 Å². The quantitative estimate of drug-likeness (QED) is 0.645. The van der Waals surface area contributed by atoms with Gasteiger partial charge in [0.1, 0.15) is 5.75 Å². The van der Waals surface area contributed by atoms with E-state index in [0.717, 1.165) is 5.56 Å². The van der Waals surface area contributed by atoms with Gasteiger partial charge in [0.25, 0.3) is 5.91 Å². The fourth-order valence-corrected chi connectivity index (χ4v) is 3.26. The normalized spacial score (nSPS) is 12.7. The average molecular weight is 408 g/mol. The van der Waals surface area contributed by atoms with Crippen LogP contribution >= 0.6 is 11.6 Å². The third-order valence-corrected chi connectivity index (χ3v) is 4.85. The molecular formula is C22H18ClN3O3. The molecule has 1 aliphatic rings. The number of ether oxygens (including phenoxy) is 1. The first kappa shape index (κ1) is 18.8. The summed E-state index contributed by atoms with van der Waals surface area (Å²) in [6.07, 6.45) is 0. The van der Waals surface area contributed by atoms with E-state index in [1.165, 1.54) is 0 Å². The number of amides is 3. The van der Waals surface area contributed by atoms with Crippen molar-refractivity contribution in [1.82, 2.24) is 0 Å². The van der Waals surface area contributed by atoms with Crippen molar-refractivity contribution in [3.05, 3.63) is 83.4 Å². The van der Waals surface area contributed by atoms with Crippen molar-refractivity contribution in [2.75, 3.05) is 22.1 Å². The zero-order valence-corrected chi connectivity index (χ0v) is 16.1. The van der Waals surface area contributed by atoms with Crippen LogP contribution in [0.1, 0.15) is 5.56 Å². The first-order chi connectivity index (χ1) is 14.1. The summed E-state index contributed by atoms with van der Waals surface area (Å²) in [6, 6.07) is 21.3. The lowest BCUT2D eigenvalue weighted by molar-refractivity contribution is -0.121. The number of nitrogens with one attached hydrogen (secondary N) is 2. The standard InChI is InChI=1S/C22H18ClN3O3/c23-18-9-5-4-6-15(18)13-26-19-12-17(10-11-20(19)29-14-21(26)27)25-22(28)24-16-7-2-1-3-8-16/h1-12H,13-14H2,(H2,24,25,28). The number of fused-ring (bicyclic) bond motifs is 1. The van der Waals surface area contributed by atoms with Crippen LogP contribution in [0, 0.1) is 0 Å². The fourth-order valence-electron chi connectivity index (χ4n) is 3.07. The van der Waals surface area contributed by atoms with Gasteiger partial charge >= 0.3 is 6.03 Å². The number of urea groups is 1. The van der Waals surface area contributed by atoms with E-state index in [1.807, 2.05) is 36.4 Å². The number of halogens is 1. The molecule has 29 heavy (non-hydrogen) atoms. The van der Waals surface area contributed by atoms with Gasteiger partial charge < -0.3 is 20.3 Å². The molecule has 0 atom stereocenters. The summed E-state index contributed by atoms with van der Waals surface area (Å²) in [6.45, 7) is 0.271. The van der Waals surface area contributed by atoms with Crippen molar-refractivity contribution in [3.8, 4) is 5.75 Å². The van der Waals surface area contributed by atoms with Crippen LogP contribution < -0.4 is 20.3 Å². The minimum atomic E-state index is -0.378. The van der Waals surface area contributed by atoms with Crippen molar-refractivity contribution < 1.29 is 14.3 Å². The highest BCUT2D eigenvalue weighted by atomic mass is 35.5. The fraction of sp³-hybridized carbons (Fsp3) is 0.0909. The van der Waals surface area contributed by atoms with Crippen molar-refractivity contribution in [2.45, 2.75) is 6.54 Å². The Balaban J connectivity index is 1.55. The summed E-state index contributed by atoms with van der Waals surface area (Å²) in [5.41, 5.74) is 2.63. The maximum atomic E-state index is 12.5. The van der Waals surface area contributed by atoms with E-state index in [0.29, 0.717) is 34.4 Å². The molecule has 0 saturated heterocycles. The second-order valence-corrected chi connectivity index (χ2v) is 6.89. The van der Waals surface area contributed by atoms with E-state index in [1.54, 1.807) is 41.3 Å². The van der Waals surface area contributed by atoms with Crippen LogP contribution in [0.3, 0.4) is 0 Å². The Morgan fingerprint density at radius 1 is 0.966 bits per heavy atom. The molecule has 3 aromatic rings. The number of carbonyl (C=O) groups excluding carboxylic acids is 2. The van der Waals surface area contributed by atoms with Crippen LogP contribution in [-0.2, 0) is 11.3 Å². The van der Waals surface area contributed by atoms with Gasteiger partial charge in [-0.05, 0) is 42.0 Å². The zero-order chi connectivity index (χ0) is 20.2. The molecular weight excluding hydrogens is 390 g/mol. The molecule has 6 nitrogen and oxygen atoms in total. The van der Waals surface area contributed by atoms with E-state index < -0.39 is 0 Å². The summed E-state index contributed by atoms with van der Waals surface area (Å²) < 4.78 is 5.54. The Bertz CT molecular complexity index is 1060. The molecule has 7 heteroatoms. The molecule has 0 aromatic heterocycles. The molecule has 1 aliphatic heterocycles. The summed E-state index contributed by atoms with van der Waals surface area (Å²) >= 11 is 6.26. The van der Waals surface area contributed by atoms with Crippen molar-refractivity contribution in [2.24, 2.45) is 0 Å². The maximum Gasteiger partial charge on any atom is 0.323 e. The number of hydrogen-bond donors (Lipinski definition) is 2. The van der Waals surface area contributed by atoms with Crippen LogP contribution in [0.25, 0.3) is 0 Å². The van der Waals surface area contributed by atoms with E-state index in [2.05, 4.69) is 10.6 Å². The molecule has 2 N–H and O–H groups in total. The van der Waals surface area contributed by atoms with Gasteiger partial charge in [0, 0.05) is 16.4 Å². The lowest BCUT2D eigenvalue weighted by atomic mass is 10.1. The molecule has 0 bridgehead atoms. The van der Waals surface area contributed by atoms with E-state index >= 15 is 0 Å². The van der Waals surface area contributed by atoms with Crippen molar-refractivity contribution >= 4 is 40.6 Å². The van der Waals surface area contributed by atoms with Gasteiger partial charge in [0.15, 0.2) is 6.61 Å². The summed E-state index contributed by atoms with van der Waals surface area (Å²) in [5, 5.41) is 6.13. The Hall–Kier alpha value is -3.51. The minimum absolute atomic E-state index is 0.0429. The molecule has 4 rings (SSSR count). The van der Waals surface area contributed by atoms with Gasteiger partial charge in [-0.15, -0.1) is 0 Å². The van der Waals surface area contributed by atoms with Crippen LogP contribution in [0.5, 0.6) is 5.75 Å². The molecule has 3 aromatic carbocycles. The third-order valence-electron chi connectivity index (χ3n) is 4.48. The van der Waals surface area contributed by atoms with Gasteiger partial charge in [0.2, 0.25) is 0 Å². The topological polar surface area (TPSA) is 70.7 Å². The Labute approximate surface area is 173 Å². The summed E-state index contributed by atoms with van der Waals surface area (Å²) in [5.74, 6) is 0.397. The second kappa shape index (κ2) is 8.24. The third kappa shape index (κ3) is 4.33. The Morgan fingerprint density at radius 3 is 2.48 bits per heavy atom. The monoisotopic (exact) mass is 407 g/mol. The van der Waals surface area contributed by atoms with Gasteiger partial charge in [-0.3, -0.25) is 4.79 Å². The van der Waals surface area contributed by atoms with Gasteiger partial charge in [-0.2, -0.15) is 0 Å². The first-order valence-electron chi connectivity index (χ1n) is 9.04. The number of nitrogens with zero attached hydrogens (tertiary/aromatic N) is 1. The minimum Gasteiger partial charge on any atom is -0.482 e. The molecule has 0 unspecified atom stereocenters. The summed E-state index contributed by atoms with van der Waals surface area (Å²) in [4.78, 5) is 26.4. The van der Waals surface area contributed by atoms with E-state index in [4.69, 9.17) is 16.3 Å². The largest absolute Gasteiger partial charge is 0.482 e. The van der Waals surface area contributed by atoms with Gasteiger partial charge in [-0.25, -0.2) is 4.79 Å². The lowest BCUT2D eigenvalue weighted by Gasteiger charge is -2.30. The SMILES string of the molecule is O=C(Nc1ccccc1)Nc1ccc2c(c1)N(Cc1ccccc1Cl)C(=O)CO2. The van der Waals surface area contributed by atoms with Gasteiger partial charge in [0.05, 0.1) is 12.2 Å². The van der Waals surface area contributed by atoms with Crippen LogP contribution in [0.4, 0.5) is 21.9 Å². The highest BCUT2D eigenvalue weighted by Crippen LogP contribution is 2.36. The predicted molar refractivity (Wildman–Crippen MR) is 114 cm³/mol. The van der Waals surface area contributed by atoms with Crippen LogP contribution in [0.15, 0.2) is 72.8 Å². The molecule has 0 fully saturated rings. The molecule has 0 aliphatic carbocycles. The number of para-hydroxylation sites is 1. The Kier molecular flexibility index (Phi) is 5.35. The first-order valence-corrected chi connectivity index (χ1v) is 9.41. The molecule has 3 amide bonds. The number of carbonyl (C=O) groups is 2. The van der Waals surface area contributed by atoms with E-state index in [-0.39, 0.29) is 18.5 Å². The molecule has 0 saturated carbocycles. The Morgan fingerprint density at radius 2 is 1.69 bits per heavy atom. The lowest BCUT2D eigenvalue weighted by Crippen LogP contribution is -2.38. The maximum absolute atomic E-state index is 12.5. The average Bonchev–Trinajstić information content (AvgIpc) is 2.72. The van der Waals surface area contributed by atoms with Crippen molar-refractivity contribution in [1.29, 1.82) is 0 Å². The predicted octanol–water partition coefficient (Wildman–Crippen LogP) is 4.91. The molecule has 0 radical (unpaired) electrons. The number of rotatable bonds is 4. The number of hydrogen-bond acceptors (Lipinski definition) is 3. The van der Waals surface area contributed by atoms with Crippen LogP contribution in [-0.4, -0.2) is 18.5 Å². The molecule has 0 spiro atoms. The van der Waals surface area contributed by atoms with Crippen molar-refractivity contribution in [3.63, 3.8) is 0 Å². The highest BCUT2D eigenvalue weighted by Gasteiger charge is 2.26. The zero-order valence-electron chi connectivity index (χ0n) is 15.4. The summed E-state index contributed by atoms with van der Waals surface area (Å²) in [7, 11) is 0. The van der Waals surface area contributed by atoms with Gasteiger partial charge in [-0.1, -0.05) is 48.0 Å².